The minimum atomic E-state index is -0.335. The van der Waals surface area contributed by atoms with Crippen molar-refractivity contribution in [1.82, 2.24) is 4.90 Å². The van der Waals surface area contributed by atoms with Crippen molar-refractivity contribution < 1.29 is 19.1 Å². The first kappa shape index (κ1) is 13.0. The molecule has 1 aromatic carbocycles. The average Bonchev–Trinajstić information content (AvgIpc) is 3.07. The zero-order chi connectivity index (χ0) is 13.9. The van der Waals surface area contributed by atoms with Gasteiger partial charge in [0, 0.05) is 0 Å². The van der Waals surface area contributed by atoms with E-state index in [4.69, 9.17) is 9.47 Å². The molecule has 0 radical (unpaired) electrons. The number of carbonyl (C=O) groups is 2. The molecule has 0 aromatic heterocycles. The molecule has 1 fully saturated rings. The van der Waals surface area contributed by atoms with Crippen molar-refractivity contribution in [2.75, 3.05) is 26.3 Å². The van der Waals surface area contributed by atoms with Crippen molar-refractivity contribution in [3.63, 3.8) is 0 Å². The van der Waals surface area contributed by atoms with E-state index in [-0.39, 0.29) is 18.7 Å². The normalized spacial score (nSPS) is 17.0. The summed E-state index contributed by atoms with van der Waals surface area (Å²) in [4.78, 5) is 24.7. The summed E-state index contributed by atoms with van der Waals surface area (Å²) in [5.74, 6) is -0.327. The number of aryl methyl sites for hydroxylation is 2. The molecule has 1 aromatic rings. The Labute approximate surface area is 117 Å². The first-order chi connectivity index (χ1) is 9.74. The number of hydrogen-bond donors (Lipinski definition) is 0. The number of rotatable bonds is 4. The van der Waals surface area contributed by atoms with Gasteiger partial charge in [-0.2, -0.15) is 0 Å². The molecule has 0 saturated carbocycles. The fourth-order valence-corrected chi connectivity index (χ4v) is 2.66. The molecule has 1 heterocycles. The lowest BCUT2D eigenvalue weighted by Gasteiger charge is -2.12. The van der Waals surface area contributed by atoms with Crippen LogP contribution in [0.1, 0.15) is 27.9 Å². The smallest absolute Gasteiger partial charge is 0.410 e. The molecule has 5 nitrogen and oxygen atoms in total. The van der Waals surface area contributed by atoms with Gasteiger partial charge >= 0.3 is 12.1 Å². The number of hydrogen-bond acceptors (Lipinski definition) is 4. The molecule has 1 aliphatic heterocycles. The third-order valence-corrected chi connectivity index (χ3v) is 3.77. The number of ether oxygens (including phenoxy) is 2. The predicted octanol–water partition coefficient (Wildman–Crippen LogP) is 1.78. The van der Waals surface area contributed by atoms with E-state index in [9.17, 15) is 9.59 Å². The molecule has 0 unspecified atom stereocenters. The van der Waals surface area contributed by atoms with Gasteiger partial charge in [0.1, 0.15) is 13.2 Å². The second-order valence-corrected chi connectivity index (χ2v) is 5.07. The fraction of sp³-hybridized carbons (Fsp3) is 0.467. The molecule has 20 heavy (non-hydrogen) atoms. The molecule has 1 saturated heterocycles. The Hall–Kier alpha value is -2.04. The number of cyclic esters (lactones) is 1. The summed E-state index contributed by atoms with van der Waals surface area (Å²) in [6.45, 7) is 1.56. The monoisotopic (exact) mass is 275 g/mol. The summed E-state index contributed by atoms with van der Waals surface area (Å²) >= 11 is 0. The van der Waals surface area contributed by atoms with Gasteiger partial charge in [-0.3, -0.25) is 0 Å². The summed E-state index contributed by atoms with van der Waals surface area (Å²) in [7, 11) is 0. The topological polar surface area (TPSA) is 55.8 Å². The lowest BCUT2D eigenvalue weighted by molar-refractivity contribution is 0.0477. The molecular weight excluding hydrogens is 258 g/mol. The third kappa shape index (κ3) is 2.61. The van der Waals surface area contributed by atoms with E-state index in [1.165, 1.54) is 16.0 Å². The number of esters is 1. The summed E-state index contributed by atoms with van der Waals surface area (Å²) in [6.07, 6.45) is 2.96. The Kier molecular flexibility index (Phi) is 3.58. The number of fused-ring (bicyclic) bond motifs is 1. The van der Waals surface area contributed by atoms with Crippen LogP contribution in [0.4, 0.5) is 4.79 Å². The van der Waals surface area contributed by atoms with E-state index in [2.05, 4.69) is 0 Å². The standard InChI is InChI=1S/C15H17NO4/c17-14(19-8-6-16-7-9-20-15(16)18)13-5-4-11-2-1-3-12(11)10-13/h4-5,10H,1-3,6-9H2. The number of nitrogens with zero attached hydrogens (tertiary/aromatic N) is 1. The van der Waals surface area contributed by atoms with Crippen molar-refractivity contribution in [2.24, 2.45) is 0 Å². The van der Waals surface area contributed by atoms with Gasteiger partial charge < -0.3 is 14.4 Å². The Morgan fingerprint density at radius 2 is 2.15 bits per heavy atom. The molecule has 1 amide bonds. The van der Waals surface area contributed by atoms with E-state index in [0.717, 1.165) is 19.3 Å². The Bertz CT molecular complexity index is 541. The van der Waals surface area contributed by atoms with Crippen molar-refractivity contribution in [2.45, 2.75) is 19.3 Å². The first-order valence-electron chi connectivity index (χ1n) is 6.95. The average molecular weight is 275 g/mol. The van der Waals surface area contributed by atoms with Crippen LogP contribution in [-0.2, 0) is 22.3 Å². The van der Waals surface area contributed by atoms with E-state index in [1.54, 1.807) is 0 Å². The maximum Gasteiger partial charge on any atom is 0.410 e. The second-order valence-electron chi connectivity index (χ2n) is 5.07. The van der Waals surface area contributed by atoms with E-state index in [1.807, 2.05) is 18.2 Å². The maximum atomic E-state index is 11.9. The minimum absolute atomic E-state index is 0.199. The quantitative estimate of drug-likeness (QED) is 0.786. The van der Waals surface area contributed by atoms with Gasteiger partial charge in [0.2, 0.25) is 0 Å². The highest BCUT2D eigenvalue weighted by Crippen LogP contribution is 2.23. The molecule has 0 bridgehead atoms. The van der Waals surface area contributed by atoms with Crippen molar-refractivity contribution in [3.05, 3.63) is 34.9 Å². The lowest BCUT2D eigenvalue weighted by Crippen LogP contribution is -2.29. The summed E-state index contributed by atoms with van der Waals surface area (Å²) in [5.41, 5.74) is 3.18. The van der Waals surface area contributed by atoms with Gasteiger partial charge in [0.05, 0.1) is 18.7 Å². The molecule has 3 rings (SSSR count). The summed E-state index contributed by atoms with van der Waals surface area (Å²) < 4.78 is 10.0. The highest BCUT2D eigenvalue weighted by molar-refractivity contribution is 5.89. The van der Waals surface area contributed by atoms with Crippen molar-refractivity contribution >= 4 is 12.1 Å². The highest BCUT2D eigenvalue weighted by Gasteiger charge is 2.22. The van der Waals surface area contributed by atoms with Gasteiger partial charge in [-0.15, -0.1) is 0 Å². The fourth-order valence-electron chi connectivity index (χ4n) is 2.66. The lowest BCUT2D eigenvalue weighted by atomic mass is 10.1. The van der Waals surface area contributed by atoms with Gasteiger partial charge in [0.25, 0.3) is 0 Å². The van der Waals surface area contributed by atoms with Crippen LogP contribution in [0.25, 0.3) is 0 Å². The highest BCUT2D eigenvalue weighted by atomic mass is 16.6. The van der Waals surface area contributed by atoms with Gasteiger partial charge in [-0.1, -0.05) is 6.07 Å². The third-order valence-electron chi connectivity index (χ3n) is 3.77. The number of benzene rings is 1. The van der Waals surface area contributed by atoms with Gasteiger partial charge in [0.15, 0.2) is 0 Å². The van der Waals surface area contributed by atoms with Crippen molar-refractivity contribution in [3.8, 4) is 0 Å². The van der Waals surface area contributed by atoms with Gasteiger partial charge in [-0.05, 0) is 42.5 Å². The Balaban J connectivity index is 1.53. The second kappa shape index (κ2) is 5.53. The largest absolute Gasteiger partial charge is 0.460 e. The van der Waals surface area contributed by atoms with E-state index >= 15 is 0 Å². The van der Waals surface area contributed by atoms with Crippen LogP contribution < -0.4 is 0 Å². The van der Waals surface area contributed by atoms with Crippen LogP contribution in [-0.4, -0.2) is 43.3 Å². The van der Waals surface area contributed by atoms with Crippen LogP contribution in [0.5, 0.6) is 0 Å². The molecule has 0 N–H and O–H groups in total. The number of amides is 1. The van der Waals surface area contributed by atoms with E-state index in [0.29, 0.717) is 25.3 Å². The predicted molar refractivity (Wildman–Crippen MR) is 71.7 cm³/mol. The molecular formula is C15H17NO4. The molecule has 1 aliphatic carbocycles. The maximum absolute atomic E-state index is 11.9. The zero-order valence-corrected chi connectivity index (χ0v) is 11.3. The SMILES string of the molecule is O=C(OCCN1CCOC1=O)c1ccc2c(c1)CCC2. The Morgan fingerprint density at radius 1 is 1.30 bits per heavy atom. The van der Waals surface area contributed by atoms with Crippen LogP contribution in [0.3, 0.4) is 0 Å². The van der Waals surface area contributed by atoms with Crippen LogP contribution >= 0.6 is 0 Å². The van der Waals surface area contributed by atoms with E-state index < -0.39 is 0 Å². The molecule has 5 heteroatoms. The number of carbonyl (C=O) groups excluding carboxylic acids is 2. The van der Waals surface area contributed by atoms with Crippen LogP contribution in [0.2, 0.25) is 0 Å². The summed E-state index contributed by atoms with van der Waals surface area (Å²) in [6, 6.07) is 5.75. The Morgan fingerprint density at radius 3 is 2.95 bits per heavy atom. The zero-order valence-electron chi connectivity index (χ0n) is 11.3. The molecule has 0 spiro atoms. The summed E-state index contributed by atoms with van der Waals surface area (Å²) in [5, 5.41) is 0. The minimum Gasteiger partial charge on any atom is -0.460 e. The van der Waals surface area contributed by atoms with Gasteiger partial charge in [-0.25, -0.2) is 9.59 Å². The van der Waals surface area contributed by atoms with Crippen LogP contribution in [0.15, 0.2) is 18.2 Å². The van der Waals surface area contributed by atoms with Crippen molar-refractivity contribution in [1.29, 1.82) is 0 Å². The molecule has 2 aliphatic rings. The molecule has 0 atom stereocenters. The molecule has 106 valence electrons. The van der Waals surface area contributed by atoms with Crippen LogP contribution in [0, 0.1) is 0 Å². The first-order valence-corrected chi connectivity index (χ1v) is 6.95.